The highest BCUT2D eigenvalue weighted by atomic mass is 35.5. The average Bonchev–Trinajstić information content (AvgIpc) is 2.91. The van der Waals surface area contributed by atoms with E-state index in [1.54, 1.807) is 19.1 Å². The van der Waals surface area contributed by atoms with Crippen molar-refractivity contribution in [1.29, 1.82) is 0 Å². The van der Waals surface area contributed by atoms with Gasteiger partial charge in [-0.25, -0.2) is 0 Å². The summed E-state index contributed by atoms with van der Waals surface area (Å²) in [5, 5.41) is 19.4. The van der Waals surface area contributed by atoms with Crippen molar-refractivity contribution in [2.75, 3.05) is 0 Å². The molecule has 0 unspecified atom stereocenters. The highest BCUT2D eigenvalue weighted by molar-refractivity contribution is 6.30. The molecule has 0 saturated heterocycles. The van der Waals surface area contributed by atoms with E-state index in [2.05, 4.69) is 0 Å². The Bertz CT molecular complexity index is 450. The molecule has 3 nitrogen and oxygen atoms in total. The third-order valence-corrected chi connectivity index (χ3v) is 3.40. The monoisotopic (exact) mass is 240 g/mol. The molecule has 0 aromatic heterocycles. The van der Waals surface area contributed by atoms with Crippen LogP contribution in [0.4, 0.5) is 0 Å². The molecule has 1 aromatic rings. The molecule has 1 saturated carbocycles. The fraction of sp³-hybridized carbons (Fsp3) is 0.417. The molecule has 2 N–H and O–H groups in total. The topological polar surface area (TPSA) is 57.5 Å². The summed E-state index contributed by atoms with van der Waals surface area (Å²) >= 11 is 5.93. The predicted octanol–water partition coefficient (Wildman–Crippen LogP) is 2.86. The minimum absolute atomic E-state index is 0.0559. The zero-order valence-electron chi connectivity index (χ0n) is 8.96. The van der Waals surface area contributed by atoms with Crippen molar-refractivity contribution in [3.63, 3.8) is 0 Å². The lowest BCUT2D eigenvalue weighted by Crippen LogP contribution is -2.13. The molecule has 0 atom stereocenters. The Labute approximate surface area is 98.7 Å². The number of aryl methyl sites for hydroxylation is 1. The molecule has 0 spiro atoms. The van der Waals surface area contributed by atoms with Gasteiger partial charge in [0, 0.05) is 16.0 Å². The molecule has 86 valence electrons. The molecule has 2 rings (SSSR count). The number of rotatable bonds is 3. The van der Waals surface area contributed by atoms with Crippen LogP contribution in [0.15, 0.2) is 12.1 Å². The lowest BCUT2D eigenvalue weighted by atomic mass is 9.90. The Morgan fingerprint density at radius 2 is 2.12 bits per heavy atom. The summed E-state index contributed by atoms with van der Waals surface area (Å²) in [5.41, 5.74) is 0.977. The number of carboxylic acid groups (broad SMARTS) is 1. The second-order valence-corrected chi connectivity index (χ2v) is 4.91. The third-order valence-electron chi connectivity index (χ3n) is 3.18. The van der Waals surface area contributed by atoms with E-state index in [9.17, 15) is 9.90 Å². The van der Waals surface area contributed by atoms with E-state index in [4.69, 9.17) is 16.7 Å². The number of phenols is 1. The zero-order valence-corrected chi connectivity index (χ0v) is 9.71. The number of hydrogen-bond acceptors (Lipinski definition) is 2. The number of hydrogen-bond donors (Lipinski definition) is 2. The number of aliphatic carboxylic acids is 1. The molecule has 1 fully saturated rings. The number of carbonyl (C=O) groups is 1. The van der Waals surface area contributed by atoms with Gasteiger partial charge in [-0.2, -0.15) is 0 Å². The van der Waals surface area contributed by atoms with E-state index in [-0.39, 0.29) is 12.2 Å². The van der Waals surface area contributed by atoms with Gasteiger partial charge in [0.1, 0.15) is 5.75 Å². The highest BCUT2D eigenvalue weighted by Gasteiger charge is 2.47. The first kappa shape index (κ1) is 11.3. The fourth-order valence-corrected chi connectivity index (χ4v) is 2.39. The quantitative estimate of drug-likeness (QED) is 0.854. The van der Waals surface area contributed by atoms with Crippen LogP contribution in [-0.2, 0) is 10.2 Å². The summed E-state index contributed by atoms with van der Waals surface area (Å²) in [6.07, 6.45) is 1.65. The maximum atomic E-state index is 10.8. The molecule has 0 aliphatic heterocycles. The van der Waals surface area contributed by atoms with Crippen molar-refractivity contribution in [2.24, 2.45) is 0 Å². The zero-order chi connectivity index (χ0) is 11.9. The predicted molar refractivity (Wildman–Crippen MR) is 61.0 cm³/mol. The smallest absolute Gasteiger partial charge is 0.304 e. The maximum absolute atomic E-state index is 10.8. The molecule has 0 heterocycles. The van der Waals surface area contributed by atoms with Crippen LogP contribution in [0, 0.1) is 6.92 Å². The Morgan fingerprint density at radius 3 is 2.62 bits per heavy atom. The first-order chi connectivity index (χ1) is 7.44. The average molecular weight is 241 g/mol. The van der Waals surface area contributed by atoms with E-state index in [1.807, 2.05) is 0 Å². The van der Waals surface area contributed by atoms with Gasteiger partial charge in [-0.1, -0.05) is 11.6 Å². The van der Waals surface area contributed by atoms with Gasteiger partial charge in [0.15, 0.2) is 0 Å². The van der Waals surface area contributed by atoms with Crippen molar-refractivity contribution < 1.29 is 15.0 Å². The van der Waals surface area contributed by atoms with Crippen molar-refractivity contribution in [2.45, 2.75) is 31.6 Å². The number of aromatic hydroxyl groups is 1. The van der Waals surface area contributed by atoms with Crippen molar-refractivity contribution >= 4 is 17.6 Å². The van der Waals surface area contributed by atoms with Crippen LogP contribution in [0.2, 0.25) is 5.02 Å². The molecule has 4 heteroatoms. The van der Waals surface area contributed by atoms with E-state index in [1.165, 1.54) is 0 Å². The summed E-state index contributed by atoms with van der Waals surface area (Å²) < 4.78 is 0. The Hall–Kier alpha value is -1.22. The minimum atomic E-state index is -0.838. The normalized spacial score (nSPS) is 17.1. The lowest BCUT2D eigenvalue weighted by molar-refractivity contribution is -0.137. The van der Waals surface area contributed by atoms with Crippen LogP contribution in [0.5, 0.6) is 5.75 Å². The molecule has 1 aromatic carbocycles. The fourth-order valence-electron chi connectivity index (χ4n) is 2.12. The van der Waals surface area contributed by atoms with E-state index >= 15 is 0 Å². The minimum Gasteiger partial charge on any atom is -0.507 e. The second kappa shape index (κ2) is 3.67. The van der Waals surface area contributed by atoms with Crippen molar-refractivity contribution in [3.8, 4) is 5.75 Å². The van der Waals surface area contributed by atoms with Gasteiger partial charge in [0.2, 0.25) is 0 Å². The van der Waals surface area contributed by atoms with Crippen LogP contribution < -0.4 is 0 Å². The second-order valence-electron chi connectivity index (χ2n) is 4.47. The molecule has 0 bridgehead atoms. The van der Waals surface area contributed by atoms with Gasteiger partial charge in [0.05, 0.1) is 6.42 Å². The Balaban J connectivity index is 2.44. The Kier molecular flexibility index (Phi) is 2.58. The van der Waals surface area contributed by atoms with Gasteiger partial charge in [-0.15, -0.1) is 0 Å². The van der Waals surface area contributed by atoms with Gasteiger partial charge in [-0.3, -0.25) is 4.79 Å². The SMILES string of the molecule is Cc1cc(Cl)cc(C2(CC(=O)O)CC2)c1O. The summed E-state index contributed by atoms with van der Waals surface area (Å²) in [6.45, 7) is 1.77. The van der Waals surface area contributed by atoms with Crippen molar-refractivity contribution in [1.82, 2.24) is 0 Å². The standard InChI is InChI=1S/C12H13ClO3/c1-7-4-8(13)5-9(11(7)16)12(2-3-12)6-10(14)15/h4-5,16H,2-3,6H2,1H3,(H,14,15). The number of carboxylic acids is 1. The lowest BCUT2D eigenvalue weighted by Gasteiger charge is -2.16. The summed E-state index contributed by atoms with van der Waals surface area (Å²) in [6, 6.07) is 3.36. The molecule has 0 radical (unpaired) electrons. The van der Waals surface area contributed by atoms with E-state index in [0.29, 0.717) is 16.1 Å². The van der Waals surface area contributed by atoms with E-state index < -0.39 is 11.4 Å². The summed E-state index contributed by atoms with van der Waals surface area (Å²) in [7, 11) is 0. The molecular weight excluding hydrogens is 228 g/mol. The first-order valence-electron chi connectivity index (χ1n) is 5.16. The molecule has 0 amide bonds. The third kappa shape index (κ3) is 1.87. The molecule has 16 heavy (non-hydrogen) atoms. The van der Waals surface area contributed by atoms with E-state index in [0.717, 1.165) is 12.8 Å². The van der Waals surface area contributed by atoms with Gasteiger partial charge < -0.3 is 10.2 Å². The summed E-state index contributed by atoms with van der Waals surface area (Å²) in [5.74, 6) is -0.655. The largest absolute Gasteiger partial charge is 0.507 e. The molecular formula is C12H13ClO3. The number of halogens is 1. The molecule has 1 aliphatic carbocycles. The van der Waals surface area contributed by atoms with Crippen LogP contribution in [0.3, 0.4) is 0 Å². The van der Waals surface area contributed by atoms with Crippen LogP contribution in [0.1, 0.15) is 30.4 Å². The summed E-state index contributed by atoms with van der Waals surface area (Å²) in [4.78, 5) is 10.8. The van der Waals surface area contributed by atoms with Gasteiger partial charge in [-0.05, 0) is 37.5 Å². The Morgan fingerprint density at radius 1 is 1.50 bits per heavy atom. The van der Waals surface area contributed by atoms with Gasteiger partial charge in [0.25, 0.3) is 0 Å². The molecule has 1 aliphatic rings. The van der Waals surface area contributed by atoms with Crippen LogP contribution >= 0.6 is 11.6 Å². The first-order valence-corrected chi connectivity index (χ1v) is 5.54. The maximum Gasteiger partial charge on any atom is 0.304 e. The van der Waals surface area contributed by atoms with Crippen LogP contribution in [-0.4, -0.2) is 16.2 Å². The van der Waals surface area contributed by atoms with Crippen LogP contribution in [0.25, 0.3) is 0 Å². The van der Waals surface area contributed by atoms with Crippen molar-refractivity contribution in [3.05, 3.63) is 28.3 Å². The van der Waals surface area contributed by atoms with Gasteiger partial charge >= 0.3 is 5.97 Å². The number of benzene rings is 1. The highest BCUT2D eigenvalue weighted by Crippen LogP contribution is 2.54. The number of phenolic OH excluding ortho intramolecular Hbond substituents is 1.